The van der Waals surface area contributed by atoms with Crippen molar-refractivity contribution in [3.8, 4) is 0 Å². The molecular weight excluding hydrogens is 327 g/mol. The lowest BCUT2D eigenvalue weighted by atomic mass is 10.3. The van der Waals surface area contributed by atoms with Crippen LogP contribution in [0.3, 0.4) is 0 Å². The zero-order chi connectivity index (χ0) is 15.4. The van der Waals surface area contributed by atoms with Gasteiger partial charge in [0.25, 0.3) is 0 Å². The van der Waals surface area contributed by atoms with Gasteiger partial charge >= 0.3 is 0 Å². The first-order valence-corrected chi connectivity index (χ1v) is 8.09. The van der Waals surface area contributed by atoms with Crippen LogP contribution < -0.4 is 11.3 Å². The molecule has 0 amide bonds. The van der Waals surface area contributed by atoms with Crippen molar-refractivity contribution in [3.63, 3.8) is 0 Å². The number of anilines is 1. The molecule has 4 nitrogen and oxygen atoms in total. The minimum Gasteiger partial charge on any atom is -0.308 e. The van der Waals surface area contributed by atoms with Crippen molar-refractivity contribution >= 4 is 40.8 Å². The summed E-state index contributed by atoms with van der Waals surface area (Å²) in [5.74, 6) is 6.96. The fourth-order valence-electron chi connectivity index (χ4n) is 1.77. The number of halogens is 2. The van der Waals surface area contributed by atoms with Gasteiger partial charge in [0.2, 0.25) is 0 Å². The third-order valence-corrected chi connectivity index (χ3v) is 4.68. The van der Waals surface area contributed by atoms with Crippen molar-refractivity contribution in [1.82, 2.24) is 9.97 Å². The molecule has 3 N–H and O–H groups in total. The molecule has 0 radical (unpaired) electrons. The summed E-state index contributed by atoms with van der Waals surface area (Å²) in [5, 5.41) is 1.93. The van der Waals surface area contributed by atoms with Gasteiger partial charge in [-0.15, -0.1) is 0 Å². The lowest BCUT2D eigenvalue weighted by Crippen LogP contribution is -2.13. The SMILES string of the molecule is CCCc1nc(NN)c(C)c(Sc2ccc(Cl)c(Cl)c2)n1. The van der Waals surface area contributed by atoms with E-state index in [1.807, 2.05) is 19.1 Å². The molecule has 0 saturated carbocycles. The highest BCUT2D eigenvalue weighted by Gasteiger charge is 2.12. The lowest BCUT2D eigenvalue weighted by Gasteiger charge is -2.11. The Labute approximate surface area is 138 Å². The predicted octanol–water partition coefficient (Wildman–Crippen LogP) is 4.48. The van der Waals surface area contributed by atoms with Crippen LogP contribution in [-0.4, -0.2) is 9.97 Å². The molecule has 1 aromatic carbocycles. The lowest BCUT2D eigenvalue weighted by molar-refractivity contribution is 0.802. The Balaban J connectivity index is 2.37. The van der Waals surface area contributed by atoms with E-state index >= 15 is 0 Å². The fraction of sp³-hybridized carbons (Fsp3) is 0.286. The van der Waals surface area contributed by atoms with Crippen LogP contribution in [0.15, 0.2) is 28.1 Å². The fourth-order valence-corrected chi connectivity index (χ4v) is 3.07. The van der Waals surface area contributed by atoms with Gasteiger partial charge in [-0.2, -0.15) is 0 Å². The Morgan fingerprint density at radius 2 is 2.00 bits per heavy atom. The minimum absolute atomic E-state index is 0.527. The topological polar surface area (TPSA) is 63.8 Å². The van der Waals surface area contributed by atoms with E-state index in [1.54, 1.807) is 6.07 Å². The third kappa shape index (κ3) is 4.01. The summed E-state index contributed by atoms with van der Waals surface area (Å²) >= 11 is 13.5. The van der Waals surface area contributed by atoms with Crippen LogP contribution in [0.25, 0.3) is 0 Å². The number of aryl methyl sites for hydroxylation is 1. The highest BCUT2D eigenvalue weighted by Crippen LogP contribution is 2.34. The molecule has 2 aromatic rings. The van der Waals surface area contributed by atoms with Crippen LogP contribution in [0.2, 0.25) is 10.0 Å². The normalized spacial score (nSPS) is 10.7. The van der Waals surface area contributed by atoms with Gasteiger partial charge in [-0.3, -0.25) is 0 Å². The van der Waals surface area contributed by atoms with Crippen LogP contribution in [0.4, 0.5) is 5.82 Å². The average molecular weight is 343 g/mol. The molecule has 21 heavy (non-hydrogen) atoms. The van der Waals surface area contributed by atoms with Gasteiger partial charge < -0.3 is 5.43 Å². The maximum absolute atomic E-state index is 6.05. The summed E-state index contributed by atoms with van der Waals surface area (Å²) < 4.78 is 0. The second-order valence-corrected chi connectivity index (χ2v) is 6.37. The third-order valence-electron chi connectivity index (χ3n) is 2.86. The summed E-state index contributed by atoms with van der Waals surface area (Å²) in [6.07, 6.45) is 1.79. The Morgan fingerprint density at radius 3 is 2.62 bits per heavy atom. The second-order valence-electron chi connectivity index (χ2n) is 4.49. The summed E-state index contributed by atoms with van der Waals surface area (Å²) in [5.41, 5.74) is 3.54. The van der Waals surface area contributed by atoms with Gasteiger partial charge in [0.05, 0.1) is 10.0 Å². The molecule has 0 aliphatic heterocycles. The number of hydrogen-bond acceptors (Lipinski definition) is 5. The van der Waals surface area contributed by atoms with Gasteiger partial charge in [0.1, 0.15) is 16.7 Å². The van der Waals surface area contributed by atoms with E-state index in [0.29, 0.717) is 15.9 Å². The smallest absolute Gasteiger partial charge is 0.147 e. The van der Waals surface area contributed by atoms with E-state index in [2.05, 4.69) is 22.3 Å². The van der Waals surface area contributed by atoms with Crippen LogP contribution in [0.5, 0.6) is 0 Å². The van der Waals surface area contributed by atoms with Gasteiger partial charge in [-0.25, -0.2) is 15.8 Å². The van der Waals surface area contributed by atoms with Crippen LogP contribution in [-0.2, 0) is 6.42 Å². The maximum atomic E-state index is 6.05. The zero-order valence-electron chi connectivity index (χ0n) is 11.8. The summed E-state index contributed by atoms with van der Waals surface area (Å²) in [6, 6.07) is 5.51. The van der Waals surface area contributed by atoms with Gasteiger partial charge in [0, 0.05) is 16.9 Å². The van der Waals surface area contributed by atoms with Crippen molar-refractivity contribution in [1.29, 1.82) is 0 Å². The quantitative estimate of drug-likeness (QED) is 0.476. The molecule has 0 aliphatic carbocycles. The van der Waals surface area contributed by atoms with E-state index in [-0.39, 0.29) is 0 Å². The molecule has 0 atom stereocenters. The highest BCUT2D eigenvalue weighted by atomic mass is 35.5. The maximum Gasteiger partial charge on any atom is 0.147 e. The molecule has 0 unspecified atom stereocenters. The molecular formula is C14H16Cl2N4S. The number of aromatic nitrogens is 2. The Kier molecular flexibility index (Phi) is 5.70. The van der Waals surface area contributed by atoms with Crippen LogP contribution in [0.1, 0.15) is 24.7 Å². The highest BCUT2D eigenvalue weighted by molar-refractivity contribution is 7.99. The first-order chi connectivity index (χ1) is 10.0. The van der Waals surface area contributed by atoms with Crippen molar-refractivity contribution in [2.75, 3.05) is 5.43 Å². The molecule has 0 spiro atoms. The molecule has 2 rings (SSSR count). The van der Waals surface area contributed by atoms with Gasteiger partial charge in [-0.1, -0.05) is 41.9 Å². The zero-order valence-corrected chi connectivity index (χ0v) is 14.1. The number of nitrogen functional groups attached to an aromatic ring is 1. The molecule has 7 heteroatoms. The van der Waals surface area contributed by atoms with Gasteiger partial charge in [-0.05, 0) is 31.5 Å². The van der Waals surface area contributed by atoms with E-state index in [9.17, 15) is 0 Å². The summed E-state index contributed by atoms with van der Waals surface area (Å²) in [7, 11) is 0. The van der Waals surface area contributed by atoms with E-state index in [0.717, 1.165) is 34.2 Å². The molecule has 1 aromatic heterocycles. The van der Waals surface area contributed by atoms with E-state index < -0.39 is 0 Å². The monoisotopic (exact) mass is 342 g/mol. The molecule has 0 fully saturated rings. The number of rotatable bonds is 5. The number of nitrogens with two attached hydrogens (primary N) is 1. The minimum atomic E-state index is 0.527. The number of hydrazine groups is 1. The first-order valence-electron chi connectivity index (χ1n) is 6.52. The van der Waals surface area contributed by atoms with Crippen molar-refractivity contribution in [2.45, 2.75) is 36.6 Å². The molecule has 1 heterocycles. The molecule has 0 saturated heterocycles. The first kappa shape index (κ1) is 16.4. The van der Waals surface area contributed by atoms with Crippen LogP contribution in [0, 0.1) is 6.92 Å². The number of nitrogens with zero attached hydrogens (tertiary/aromatic N) is 2. The summed E-state index contributed by atoms with van der Waals surface area (Å²) in [6.45, 7) is 4.02. The molecule has 0 bridgehead atoms. The van der Waals surface area contributed by atoms with Crippen LogP contribution >= 0.6 is 35.0 Å². The van der Waals surface area contributed by atoms with E-state index in [4.69, 9.17) is 29.0 Å². The Bertz CT molecular complexity index is 649. The largest absolute Gasteiger partial charge is 0.308 e. The molecule has 0 aliphatic rings. The number of benzene rings is 1. The Hall–Kier alpha value is -1.01. The number of nitrogens with one attached hydrogen (secondary N) is 1. The van der Waals surface area contributed by atoms with Crippen molar-refractivity contribution in [2.24, 2.45) is 5.84 Å². The predicted molar refractivity (Wildman–Crippen MR) is 89.2 cm³/mol. The average Bonchev–Trinajstić information content (AvgIpc) is 2.46. The standard InChI is InChI=1S/C14H16Cl2N4S/c1-3-4-12-18-13(20-17)8(2)14(19-12)21-9-5-6-10(15)11(16)7-9/h5-7H,3-4,17H2,1-2H3,(H,18,19,20). The Morgan fingerprint density at radius 1 is 1.24 bits per heavy atom. The van der Waals surface area contributed by atoms with Crippen molar-refractivity contribution < 1.29 is 0 Å². The van der Waals surface area contributed by atoms with Crippen molar-refractivity contribution in [3.05, 3.63) is 39.6 Å². The van der Waals surface area contributed by atoms with E-state index in [1.165, 1.54) is 11.8 Å². The summed E-state index contributed by atoms with van der Waals surface area (Å²) in [4.78, 5) is 9.97. The number of hydrogen-bond donors (Lipinski definition) is 2. The van der Waals surface area contributed by atoms with Gasteiger partial charge in [0.15, 0.2) is 0 Å². The molecule has 112 valence electrons. The second kappa shape index (κ2) is 7.31.